The van der Waals surface area contributed by atoms with Crippen LogP contribution in [0.5, 0.6) is 0 Å². The van der Waals surface area contributed by atoms with Gasteiger partial charge in [0.25, 0.3) is 0 Å². The van der Waals surface area contributed by atoms with Crippen LogP contribution in [0, 0.1) is 0 Å². The Labute approximate surface area is 136 Å². The van der Waals surface area contributed by atoms with Crippen molar-refractivity contribution < 1.29 is 0 Å². The predicted molar refractivity (Wildman–Crippen MR) is 90.6 cm³/mol. The molecule has 118 valence electrons. The molecule has 3 aromatic rings. The van der Waals surface area contributed by atoms with Crippen molar-refractivity contribution in [1.29, 1.82) is 0 Å². The minimum Gasteiger partial charge on any atom is -0.305 e. The van der Waals surface area contributed by atoms with Gasteiger partial charge in [0.15, 0.2) is 0 Å². The van der Waals surface area contributed by atoms with E-state index in [-0.39, 0.29) is 6.04 Å². The normalized spacial score (nSPS) is 11.1. The lowest BCUT2D eigenvalue weighted by Crippen LogP contribution is -2.15. The molecule has 0 unspecified atom stereocenters. The first-order chi connectivity index (χ1) is 11.2. The maximum absolute atomic E-state index is 4.66. The molecule has 0 spiro atoms. The Bertz CT molecular complexity index is 735. The maximum atomic E-state index is 4.66. The summed E-state index contributed by atoms with van der Waals surface area (Å²) in [6, 6.07) is 16.4. The van der Waals surface area contributed by atoms with Crippen LogP contribution >= 0.6 is 0 Å². The summed E-state index contributed by atoms with van der Waals surface area (Å²) < 4.78 is 0. The highest BCUT2D eigenvalue weighted by Gasteiger charge is 2.14. The van der Waals surface area contributed by atoms with Gasteiger partial charge in [-0.2, -0.15) is 15.0 Å². The van der Waals surface area contributed by atoms with Crippen molar-refractivity contribution in [1.82, 2.24) is 25.3 Å². The Morgan fingerprint density at radius 3 is 2.43 bits per heavy atom. The van der Waals surface area contributed by atoms with Gasteiger partial charge in [0.2, 0.25) is 0 Å². The van der Waals surface area contributed by atoms with Crippen molar-refractivity contribution in [3.05, 3.63) is 66.1 Å². The van der Waals surface area contributed by atoms with Crippen LogP contribution in [0.15, 0.2) is 54.7 Å². The summed E-state index contributed by atoms with van der Waals surface area (Å²) in [5.41, 5.74) is 4.01. The lowest BCUT2D eigenvalue weighted by molar-refractivity contribution is 0.461. The van der Waals surface area contributed by atoms with Gasteiger partial charge >= 0.3 is 0 Å². The lowest BCUT2D eigenvalue weighted by atomic mass is 10.1. The highest BCUT2D eigenvalue weighted by molar-refractivity contribution is 5.60. The molecule has 0 saturated heterocycles. The Kier molecular flexibility index (Phi) is 4.78. The van der Waals surface area contributed by atoms with Crippen LogP contribution in [0.3, 0.4) is 0 Å². The zero-order valence-corrected chi connectivity index (χ0v) is 13.5. The van der Waals surface area contributed by atoms with E-state index in [0.29, 0.717) is 13.1 Å². The van der Waals surface area contributed by atoms with Crippen LogP contribution in [0.2, 0.25) is 0 Å². The monoisotopic (exact) mass is 307 g/mol. The number of hydrogen-bond donors (Lipinski definition) is 1. The van der Waals surface area contributed by atoms with Crippen LogP contribution in [0.1, 0.15) is 31.3 Å². The molecule has 1 N–H and O–H groups in total. The number of nitrogens with zero attached hydrogens (tertiary/aromatic N) is 4. The highest BCUT2D eigenvalue weighted by atomic mass is 15.5. The third kappa shape index (κ3) is 3.81. The van der Waals surface area contributed by atoms with Crippen molar-refractivity contribution in [3.8, 4) is 11.3 Å². The van der Waals surface area contributed by atoms with Gasteiger partial charge in [-0.3, -0.25) is 4.98 Å². The molecule has 0 saturated carbocycles. The van der Waals surface area contributed by atoms with Crippen LogP contribution in [-0.4, -0.2) is 20.0 Å². The molecule has 0 aliphatic carbocycles. The van der Waals surface area contributed by atoms with Crippen molar-refractivity contribution in [2.45, 2.75) is 33.0 Å². The number of hydrogen-bond acceptors (Lipinski definition) is 4. The van der Waals surface area contributed by atoms with E-state index in [0.717, 1.165) is 22.6 Å². The number of nitrogens with one attached hydrogen (secondary N) is 1. The number of benzene rings is 1. The van der Waals surface area contributed by atoms with Crippen molar-refractivity contribution in [3.63, 3.8) is 0 Å². The Morgan fingerprint density at radius 2 is 1.74 bits per heavy atom. The van der Waals surface area contributed by atoms with E-state index < -0.39 is 0 Å². The van der Waals surface area contributed by atoms with Gasteiger partial charge in [-0.25, -0.2) is 0 Å². The zero-order chi connectivity index (χ0) is 16.1. The molecular formula is C18H21N5. The van der Waals surface area contributed by atoms with Crippen LogP contribution < -0.4 is 5.32 Å². The van der Waals surface area contributed by atoms with E-state index in [1.165, 1.54) is 0 Å². The second kappa shape index (κ2) is 7.15. The fourth-order valence-corrected chi connectivity index (χ4v) is 2.34. The van der Waals surface area contributed by atoms with Crippen molar-refractivity contribution in [2.75, 3.05) is 0 Å². The number of aromatic nitrogens is 4. The van der Waals surface area contributed by atoms with E-state index in [4.69, 9.17) is 0 Å². The third-order valence-electron chi connectivity index (χ3n) is 3.53. The van der Waals surface area contributed by atoms with E-state index in [2.05, 4.69) is 46.5 Å². The molecule has 23 heavy (non-hydrogen) atoms. The molecule has 0 radical (unpaired) electrons. The quantitative estimate of drug-likeness (QED) is 0.760. The van der Waals surface area contributed by atoms with Gasteiger partial charge in [0, 0.05) is 24.8 Å². The fourth-order valence-electron chi connectivity index (χ4n) is 2.34. The van der Waals surface area contributed by atoms with Gasteiger partial charge < -0.3 is 5.32 Å². The van der Waals surface area contributed by atoms with E-state index in [9.17, 15) is 0 Å². The molecule has 5 nitrogen and oxygen atoms in total. The molecule has 2 aromatic heterocycles. The standard InChI is InChI=1S/C18H21N5/c1-14(2)23-21-17(13-19-12-16-10-6-7-11-20-16)18(22-23)15-8-4-3-5-9-15/h3-11,14,19H,12-13H2,1-2H3. The third-order valence-corrected chi connectivity index (χ3v) is 3.53. The van der Waals surface area contributed by atoms with Gasteiger partial charge in [0.1, 0.15) is 11.4 Å². The summed E-state index contributed by atoms with van der Waals surface area (Å²) in [5, 5.41) is 12.7. The van der Waals surface area contributed by atoms with Crippen LogP contribution in [-0.2, 0) is 13.1 Å². The first-order valence-corrected chi connectivity index (χ1v) is 7.86. The summed E-state index contributed by atoms with van der Waals surface area (Å²) in [4.78, 5) is 6.10. The second-order valence-electron chi connectivity index (χ2n) is 5.70. The average Bonchev–Trinajstić information content (AvgIpc) is 3.01. The SMILES string of the molecule is CC(C)n1nc(CNCc2ccccn2)c(-c2ccccc2)n1. The van der Waals surface area contributed by atoms with Crippen LogP contribution in [0.25, 0.3) is 11.3 Å². The first-order valence-electron chi connectivity index (χ1n) is 7.86. The summed E-state index contributed by atoms with van der Waals surface area (Å²) in [6.45, 7) is 5.54. The predicted octanol–water partition coefficient (Wildman–Crippen LogP) is 3.21. The largest absolute Gasteiger partial charge is 0.305 e. The molecule has 0 amide bonds. The summed E-state index contributed by atoms with van der Waals surface area (Å²) in [5.74, 6) is 0. The summed E-state index contributed by atoms with van der Waals surface area (Å²) in [6.07, 6.45) is 1.81. The molecule has 0 atom stereocenters. The average molecular weight is 307 g/mol. The second-order valence-corrected chi connectivity index (χ2v) is 5.70. The van der Waals surface area contributed by atoms with Gasteiger partial charge in [0.05, 0.1) is 11.7 Å². The van der Waals surface area contributed by atoms with Gasteiger partial charge in [-0.1, -0.05) is 36.4 Å². The Hall–Kier alpha value is -2.53. The molecule has 1 aromatic carbocycles. The Balaban J connectivity index is 1.77. The number of pyridine rings is 1. The lowest BCUT2D eigenvalue weighted by Gasteiger charge is -2.04. The summed E-state index contributed by atoms with van der Waals surface area (Å²) >= 11 is 0. The minimum atomic E-state index is 0.238. The molecule has 0 fully saturated rings. The summed E-state index contributed by atoms with van der Waals surface area (Å²) in [7, 11) is 0. The van der Waals surface area contributed by atoms with E-state index >= 15 is 0 Å². The minimum absolute atomic E-state index is 0.238. The molecule has 2 heterocycles. The topological polar surface area (TPSA) is 55.6 Å². The van der Waals surface area contributed by atoms with Crippen molar-refractivity contribution in [2.24, 2.45) is 0 Å². The molecular weight excluding hydrogens is 286 g/mol. The van der Waals surface area contributed by atoms with E-state index in [1.807, 2.05) is 36.4 Å². The highest BCUT2D eigenvalue weighted by Crippen LogP contribution is 2.21. The number of rotatable bonds is 6. The zero-order valence-electron chi connectivity index (χ0n) is 13.5. The molecule has 3 rings (SSSR count). The van der Waals surface area contributed by atoms with Crippen LogP contribution in [0.4, 0.5) is 0 Å². The van der Waals surface area contributed by atoms with Gasteiger partial charge in [-0.05, 0) is 26.0 Å². The Morgan fingerprint density at radius 1 is 0.957 bits per heavy atom. The molecule has 0 bridgehead atoms. The first kappa shape index (κ1) is 15.4. The smallest absolute Gasteiger partial charge is 0.117 e. The van der Waals surface area contributed by atoms with Crippen molar-refractivity contribution >= 4 is 0 Å². The maximum Gasteiger partial charge on any atom is 0.117 e. The fraction of sp³-hybridized carbons (Fsp3) is 0.278. The molecule has 0 aliphatic heterocycles. The van der Waals surface area contributed by atoms with Gasteiger partial charge in [-0.15, -0.1) is 0 Å². The molecule has 0 aliphatic rings. The van der Waals surface area contributed by atoms with E-state index in [1.54, 1.807) is 11.0 Å². The molecule has 5 heteroatoms.